The SMILES string of the molecule is Cc1cc(Nc2ncc(Cl)c(Nc3ccccc3P(C)(C)=O)n2)ccc1N1CCC2(CC1)CC(CC(=O)OC(C)(C)C)C2. The molecule has 2 N–H and O–H groups in total. The topological polar surface area (TPSA) is 96.5 Å². The van der Waals surface area contributed by atoms with Crippen molar-refractivity contribution in [3.8, 4) is 0 Å². The highest BCUT2D eigenvalue weighted by atomic mass is 35.5. The van der Waals surface area contributed by atoms with Crippen LogP contribution < -0.4 is 20.8 Å². The van der Waals surface area contributed by atoms with Gasteiger partial charge in [0.15, 0.2) is 5.82 Å². The molecule has 2 aliphatic rings. The molecule has 2 heterocycles. The number of aryl methyl sites for hydroxylation is 1. The third-order valence-electron chi connectivity index (χ3n) is 8.42. The summed E-state index contributed by atoms with van der Waals surface area (Å²) in [7, 11) is -2.50. The van der Waals surface area contributed by atoms with E-state index in [1.165, 1.54) is 11.3 Å². The van der Waals surface area contributed by atoms with Crippen LogP contribution in [0.15, 0.2) is 48.7 Å². The molecule has 1 spiro atoms. The van der Waals surface area contributed by atoms with Crippen LogP contribution in [0.3, 0.4) is 0 Å². The average molecular weight is 624 g/mol. The highest BCUT2D eigenvalue weighted by Gasteiger charge is 2.46. The molecule has 10 heteroatoms. The molecule has 0 atom stereocenters. The monoisotopic (exact) mass is 623 g/mol. The molecule has 230 valence electrons. The molecule has 0 amide bonds. The summed E-state index contributed by atoms with van der Waals surface area (Å²) in [5, 5.41) is 7.67. The maximum absolute atomic E-state index is 12.8. The third kappa shape index (κ3) is 7.71. The summed E-state index contributed by atoms with van der Waals surface area (Å²) < 4.78 is 18.3. The molecule has 5 rings (SSSR count). The third-order valence-corrected chi connectivity index (χ3v) is 10.2. The number of piperidine rings is 1. The molecular formula is C33H43ClN5O3P. The number of para-hydroxylation sites is 1. The number of benzene rings is 2. The van der Waals surface area contributed by atoms with Crippen LogP contribution >= 0.6 is 18.7 Å². The highest BCUT2D eigenvalue weighted by molar-refractivity contribution is 7.70. The number of nitrogens with one attached hydrogen (secondary N) is 2. The minimum atomic E-state index is -2.50. The number of ether oxygens (including phenoxy) is 1. The van der Waals surface area contributed by atoms with Gasteiger partial charge in [-0.05, 0) is 114 Å². The number of rotatable bonds is 8. The first-order valence-corrected chi connectivity index (χ1v) is 18.0. The highest BCUT2D eigenvalue weighted by Crippen LogP contribution is 2.54. The van der Waals surface area contributed by atoms with E-state index in [1.54, 1.807) is 19.5 Å². The van der Waals surface area contributed by atoms with Crippen molar-refractivity contribution in [2.45, 2.75) is 65.4 Å². The van der Waals surface area contributed by atoms with Crippen LogP contribution in [-0.2, 0) is 14.1 Å². The maximum atomic E-state index is 12.8. The Balaban J connectivity index is 1.18. The van der Waals surface area contributed by atoms with Gasteiger partial charge in [-0.15, -0.1) is 0 Å². The molecule has 8 nitrogen and oxygen atoms in total. The zero-order valence-electron chi connectivity index (χ0n) is 26.0. The molecule has 1 aliphatic heterocycles. The lowest BCUT2D eigenvalue weighted by Crippen LogP contribution is -2.48. The van der Waals surface area contributed by atoms with Crippen molar-refractivity contribution in [3.05, 3.63) is 59.2 Å². The Morgan fingerprint density at radius 3 is 2.47 bits per heavy atom. The number of aromatic nitrogens is 2. The van der Waals surface area contributed by atoms with Crippen molar-refractivity contribution in [3.63, 3.8) is 0 Å². The number of carbonyl (C=O) groups excluding carboxylic acids is 1. The zero-order valence-corrected chi connectivity index (χ0v) is 27.7. The van der Waals surface area contributed by atoms with Crippen LogP contribution in [0.1, 0.15) is 58.4 Å². The summed E-state index contributed by atoms with van der Waals surface area (Å²) in [4.78, 5) is 23.7. The molecule has 1 saturated carbocycles. The Morgan fingerprint density at radius 2 is 1.81 bits per heavy atom. The van der Waals surface area contributed by atoms with Gasteiger partial charge in [0.1, 0.15) is 17.8 Å². The van der Waals surface area contributed by atoms with Gasteiger partial charge in [0.05, 0.1) is 11.9 Å². The first-order chi connectivity index (χ1) is 20.2. The molecule has 2 fully saturated rings. The first-order valence-electron chi connectivity index (χ1n) is 15.0. The van der Waals surface area contributed by atoms with E-state index in [1.807, 2.05) is 45.0 Å². The van der Waals surface area contributed by atoms with Gasteiger partial charge in [0.25, 0.3) is 0 Å². The fraction of sp³-hybridized carbons (Fsp3) is 0.485. The molecule has 43 heavy (non-hydrogen) atoms. The number of carbonyl (C=O) groups is 1. The fourth-order valence-corrected chi connectivity index (χ4v) is 7.76. The summed E-state index contributed by atoms with van der Waals surface area (Å²) in [5.41, 5.74) is 3.98. The first kappa shape index (κ1) is 31.3. The predicted octanol–water partition coefficient (Wildman–Crippen LogP) is 7.90. The molecule has 1 saturated heterocycles. The van der Waals surface area contributed by atoms with Crippen LogP contribution in [0, 0.1) is 18.3 Å². The van der Waals surface area contributed by atoms with Crippen LogP contribution in [0.4, 0.5) is 28.8 Å². The number of esters is 1. The Kier molecular flexibility index (Phi) is 8.84. The number of nitrogens with zero attached hydrogens (tertiary/aromatic N) is 3. The second-order valence-electron chi connectivity index (χ2n) is 13.6. The lowest BCUT2D eigenvalue weighted by molar-refractivity contribution is -0.158. The van der Waals surface area contributed by atoms with Crippen molar-refractivity contribution < 1.29 is 14.1 Å². The largest absolute Gasteiger partial charge is 0.460 e. The minimum Gasteiger partial charge on any atom is -0.460 e. The second-order valence-corrected chi connectivity index (χ2v) is 17.2. The number of halogens is 1. The Bertz CT molecular complexity index is 1530. The van der Waals surface area contributed by atoms with Gasteiger partial charge < -0.3 is 24.8 Å². The normalized spacial score (nSPS) is 17.0. The summed E-state index contributed by atoms with van der Waals surface area (Å²) in [5.74, 6) is 1.24. The maximum Gasteiger partial charge on any atom is 0.306 e. The van der Waals surface area contributed by atoms with Gasteiger partial charge in [-0.1, -0.05) is 23.7 Å². The molecular weight excluding hydrogens is 581 g/mol. The summed E-state index contributed by atoms with van der Waals surface area (Å²) in [6.07, 6.45) is 6.66. The Labute approximate surface area is 260 Å². The molecule has 0 unspecified atom stereocenters. The molecule has 0 radical (unpaired) electrons. The van der Waals surface area contributed by atoms with E-state index >= 15 is 0 Å². The summed E-state index contributed by atoms with van der Waals surface area (Å²) in [6.45, 7) is 13.4. The van der Waals surface area contributed by atoms with E-state index in [0.717, 1.165) is 49.8 Å². The predicted molar refractivity (Wildman–Crippen MR) is 177 cm³/mol. The van der Waals surface area contributed by atoms with Crippen molar-refractivity contribution in [2.24, 2.45) is 11.3 Å². The molecule has 1 aliphatic carbocycles. The van der Waals surface area contributed by atoms with E-state index < -0.39 is 12.7 Å². The van der Waals surface area contributed by atoms with Crippen LogP contribution in [0.5, 0.6) is 0 Å². The minimum absolute atomic E-state index is 0.0691. The van der Waals surface area contributed by atoms with Gasteiger partial charge in [0, 0.05) is 36.2 Å². The average Bonchev–Trinajstić information content (AvgIpc) is 2.89. The van der Waals surface area contributed by atoms with Gasteiger partial charge in [-0.2, -0.15) is 4.98 Å². The van der Waals surface area contributed by atoms with Crippen LogP contribution in [-0.4, -0.2) is 48.0 Å². The van der Waals surface area contributed by atoms with Gasteiger partial charge in [-0.3, -0.25) is 4.79 Å². The fourth-order valence-electron chi connectivity index (χ4n) is 6.47. The quantitative estimate of drug-likeness (QED) is 0.193. The molecule has 3 aromatic rings. The molecule has 2 aromatic carbocycles. The van der Waals surface area contributed by atoms with Crippen molar-refractivity contribution in [1.82, 2.24) is 9.97 Å². The van der Waals surface area contributed by atoms with Crippen molar-refractivity contribution in [2.75, 3.05) is 42.0 Å². The Morgan fingerprint density at radius 1 is 1.12 bits per heavy atom. The smallest absolute Gasteiger partial charge is 0.306 e. The van der Waals surface area contributed by atoms with E-state index in [2.05, 4.69) is 50.6 Å². The Hall–Kier alpha value is -3.09. The van der Waals surface area contributed by atoms with Crippen LogP contribution in [0.2, 0.25) is 5.02 Å². The van der Waals surface area contributed by atoms with Gasteiger partial charge in [0.2, 0.25) is 5.95 Å². The number of hydrogen-bond acceptors (Lipinski definition) is 8. The second kappa shape index (κ2) is 12.1. The standard InChI is InChI=1S/C33H43ClN5O3P/c1-22-17-24(36-31-35-21-25(34)30(38-31)37-26-9-7-8-10-28(26)43(5,6)41)11-12-27(22)39-15-13-33(14-16-39)19-23(20-33)18-29(40)42-32(2,3)4/h7-12,17,21,23H,13-16,18-20H2,1-6H3,(H2,35,36,37,38). The van der Waals surface area contributed by atoms with Gasteiger partial charge >= 0.3 is 5.97 Å². The lowest BCUT2D eigenvalue weighted by Gasteiger charge is -2.52. The van der Waals surface area contributed by atoms with E-state index in [0.29, 0.717) is 40.2 Å². The van der Waals surface area contributed by atoms with Crippen molar-refractivity contribution in [1.29, 1.82) is 0 Å². The van der Waals surface area contributed by atoms with Gasteiger partial charge in [-0.25, -0.2) is 4.98 Å². The molecule has 0 bridgehead atoms. The van der Waals surface area contributed by atoms with E-state index in [4.69, 9.17) is 16.3 Å². The van der Waals surface area contributed by atoms with E-state index in [9.17, 15) is 9.36 Å². The zero-order chi connectivity index (χ0) is 31.0. The molecule has 1 aromatic heterocycles. The van der Waals surface area contributed by atoms with E-state index in [-0.39, 0.29) is 5.97 Å². The van der Waals surface area contributed by atoms with Crippen LogP contribution in [0.25, 0.3) is 0 Å². The summed E-state index contributed by atoms with van der Waals surface area (Å²) >= 11 is 6.42. The lowest BCUT2D eigenvalue weighted by atomic mass is 9.57. The van der Waals surface area contributed by atoms with Crippen molar-refractivity contribution >= 4 is 58.8 Å². The summed E-state index contributed by atoms with van der Waals surface area (Å²) in [6, 6.07) is 13.8. The number of hydrogen-bond donors (Lipinski definition) is 2. The number of anilines is 5.